The van der Waals surface area contributed by atoms with Crippen LogP contribution in [0.5, 0.6) is 0 Å². The smallest absolute Gasteiger partial charge is 0.475 e. The number of hydrogen-bond donors (Lipinski definition) is 2. The topological polar surface area (TPSA) is 176 Å². The number of carbonyl (C=O) groups is 2. The van der Waals surface area contributed by atoms with Crippen molar-refractivity contribution in [3.8, 4) is 28.2 Å². The van der Waals surface area contributed by atoms with Crippen LogP contribution in [-0.2, 0) is 16.6 Å². The number of aromatic nitrogens is 9. The summed E-state index contributed by atoms with van der Waals surface area (Å²) in [5.74, 6) is -3.87. The molecule has 0 spiro atoms. The van der Waals surface area contributed by atoms with Crippen LogP contribution in [0.3, 0.4) is 0 Å². The highest BCUT2D eigenvalue weighted by Crippen LogP contribution is 2.34. The third-order valence-corrected chi connectivity index (χ3v) is 7.79. The zero-order chi connectivity index (χ0) is 34.7. The summed E-state index contributed by atoms with van der Waals surface area (Å²) in [6.45, 7) is 1.87. The van der Waals surface area contributed by atoms with Crippen LogP contribution in [0, 0.1) is 11.7 Å². The van der Waals surface area contributed by atoms with Crippen molar-refractivity contribution in [2.45, 2.75) is 38.4 Å². The Morgan fingerprint density at radius 1 is 1.10 bits per heavy atom. The monoisotopic (exact) mass is 688 g/mol. The molecular formula is C29H25ClF4N10O4. The van der Waals surface area contributed by atoms with Crippen LogP contribution in [0.15, 0.2) is 60.2 Å². The van der Waals surface area contributed by atoms with Gasteiger partial charge in [0.25, 0.3) is 5.56 Å². The van der Waals surface area contributed by atoms with Gasteiger partial charge < -0.3 is 10.4 Å². The second-order valence-corrected chi connectivity index (χ2v) is 11.1. The van der Waals surface area contributed by atoms with Crippen molar-refractivity contribution in [3.63, 3.8) is 0 Å². The second-order valence-electron chi connectivity index (χ2n) is 10.7. The van der Waals surface area contributed by atoms with Gasteiger partial charge in [-0.2, -0.15) is 23.0 Å². The summed E-state index contributed by atoms with van der Waals surface area (Å²) in [5, 5.41) is 25.4. The number of carbonyl (C=O) groups excluding carboxylic acids is 1. The number of carboxylic acids is 1. The summed E-state index contributed by atoms with van der Waals surface area (Å²) in [4.78, 5) is 44.5. The molecule has 48 heavy (non-hydrogen) atoms. The molecule has 5 aromatic rings. The third kappa shape index (κ3) is 7.07. The number of pyridine rings is 1. The highest BCUT2D eigenvalue weighted by molar-refractivity contribution is 6.31. The number of halogens is 5. The number of aliphatic carboxylic acids is 1. The Balaban J connectivity index is 0.000000582. The molecule has 0 saturated heterocycles. The second kappa shape index (κ2) is 13.7. The number of anilines is 1. The maximum absolute atomic E-state index is 15.3. The molecule has 1 amide bonds. The number of hydrogen-bond acceptors (Lipinski definition) is 9. The Kier molecular flexibility index (Phi) is 9.64. The first kappa shape index (κ1) is 33.8. The van der Waals surface area contributed by atoms with E-state index in [2.05, 4.69) is 35.9 Å². The number of amides is 1. The standard InChI is InChI=1S/C27H24ClFN10O2.C2HF3O2/c1-15-4-3-5-21(18-10-16(8-9-30-18)26-20(34-27(15)41)12-33-37(26)2)38-13-31-19(11-23(38)40)24-22(39-14-32-35-36-39)7-6-17(28)25(24)29;3-2(4,5)1(6)7/h6-15,21H,3-5H2,1-2H3,(H,34,41);(H,6,7)/t15-,21+;/m1./s1. The lowest BCUT2D eigenvalue weighted by Crippen LogP contribution is -2.27. The molecule has 19 heteroatoms. The van der Waals surface area contributed by atoms with Crippen molar-refractivity contribution in [1.82, 2.24) is 44.5 Å². The van der Waals surface area contributed by atoms with E-state index in [1.165, 1.54) is 34.0 Å². The zero-order valence-electron chi connectivity index (χ0n) is 25.1. The fourth-order valence-electron chi connectivity index (χ4n) is 5.11. The van der Waals surface area contributed by atoms with Gasteiger partial charge >= 0.3 is 12.1 Å². The molecule has 2 atom stereocenters. The minimum Gasteiger partial charge on any atom is -0.475 e. The molecule has 14 nitrogen and oxygen atoms in total. The normalized spacial score (nSPS) is 16.4. The van der Waals surface area contributed by atoms with Gasteiger partial charge in [0.1, 0.15) is 6.33 Å². The molecule has 0 saturated carbocycles. The summed E-state index contributed by atoms with van der Waals surface area (Å²) in [6.07, 6.45) is 2.66. The number of fused-ring (bicyclic) bond motifs is 4. The number of benzene rings is 1. The number of nitrogens with zero attached hydrogens (tertiary/aromatic N) is 9. The van der Waals surface area contributed by atoms with Gasteiger partial charge in [-0.1, -0.05) is 24.9 Å². The van der Waals surface area contributed by atoms with E-state index < -0.39 is 29.6 Å². The molecule has 5 heterocycles. The summed E-state index contributed by atoms with van der Waals surface area (Å²) in [7, 11) is 1.80. The molecule has 2 bridgehead atoms. The van der Waals surface area contributed by atoms with Crippen LogP contribution < -0.4 is 10.9 Å². The molecule has 0 unspecified atom stereocenters. The van der Waals surface area contributed by atoms with Gasteiger partial charge in [0.05, 0.1) is 57.6 Å². The lowest BCUT2D eigenvalue weighted by atomic mass is 9.97. The summed E-state index contributed by atoms with van der Waals surface area (Å²) in [5.41, 5.74) is 2.70. The molecule has 0 fully saturated rings. The lowest BCUT2D eigenvalue weighted by Gasteiger charge is -2.22. The Hall–Kier alpha value is -5.52. The third-order valence-electron chi connectivity index (χ3n) is 7.49. The molecule has 250 valence electrons. The number of carboxylic acid groups (broad SMARTS) is 1. The SMILES string of the molecule is C[C@@H]1CCC[C@H](n2cnc(-c3c(-n4cnnn4)ccc(Cl)c3F)cc2=O)c2cc(ccn2)-c2c(cnn2C)NC1=O.O=C(O)C(F)(F)F. The Labute approximate surface area is 273 Å². The van der Waals surface area contributed by atoms with E-state index in [-0.39, 0.29) is 33.8 Å². The minimum atomic E-state index is -5.08. The maximum Gasteiger partial charge on any atom is 0.490 e. The first-order chi connectivity index (χ1) is 22.8. The fraction of sp³-hybridized carbons (Fsp3) is 0.276. The van der Waals surface area contributed by atoms with Crippen molar-refractivity contribution < 1.29 is 32.3 Å². The van der Waals surface area contributed by atoms with E-state index in [9.17, 15) is 22.8 Å². The van der Waals surface area contributed by atoms with Gasteiger partial charge in [-0.05, 0) is 47.5 Å². The van der Waals surface area contributed by atoms with E-state index in [0.29, 0.717) is 30.6 Å². The van der Waals surface area contributed by atoms with Crippen LogP contribution >= 0.6 is 11.6 Å². The Bertz CT molecular complexity index is 2030. The van der Waals surface area contributed by atoms with Gasteiger partial charge in [-0.25, -0.2) is 14.2 Å². The van der Waals surface area contributed by atoms with Gasteiger partial charge in [0.15, 0.2) is 5.82 Å². The van der Waals surface area contributed by atoms with Gasteiger partial charge in [-0.3, -0.25) is 23.8 Å². The number of nitrogens with one attached hydrogen (secondary N) is 1. The molecule has 1 aromatic carbocycles. The minimum absolute atomic E-state index is 0.00330. The highest BCUT2D eigenvalue weighted by atomic mass is 35.5. The van der Waals surface area contributed by atoms with Crippen molar-refractivity contribution >= 4 is 29.2 Å². The van der Waals surface area contributed by atoms with E-state index >= 15 is 4.39 Å². The molecule has 0 radical (unpaired) electrons. The number of tetrazole rings is 1. The Morgan fingerprint density at radius 3 is 2.52 bits per heavy atom. The summed E-state index contributed by atoms with van der Waals surface area (Å²) < 4.78 is 51.5. The van der Waals surface area contributed by atoms with E-state index in [1.807, 2.05) is 19.1 Å². The maximum atomic E-state index is 15.3. The van der Waals surface area contributed by atoms with Crippen molar-refractivity contribution in [2.75, 3.05) is 5.32 Å². The first-order valence-electron chi connectivity index (χ1n) is 14.2. The van der Waals surface area contributed by atoms with Crippen LogP contribution in [0.2, 0.25) is 5.02 Å². The van der Waals surface area contributed by atoms with E-state index in [1.54, 1.807) is 30.2 Å². The van der Waals surface area contributed by atoms with Crippen LogP contribution in [0.4, 0.5) is 23.2 Å². The largest absolute Gasteiger partial charge is 0.490 e. The zero-order valence-corrected chi connectivity index (χ0v) is 25.8. The quantitative estimate of drug-likeness (QED) is 0.258. The number of aryl methyl sites for hydroxylation is 1. The van der Waals surface area contributed by atoms with Crippen LogP contribution in [0.1, 0.15) is 37.9 Å². The van der Waals surface area contributed by atoms with E-state index in [0.717, 1.165) is 11.3 Å². The number of rotatable bonds is 3. The van der Waals surface area contributed by atoms with Gasteiger partial charge in [-0.15, -0.1) is 5.10 Å². The predicted molar refractivity (Wildman–Crippen MR) is 162 cm³/mol. The average Bonchev–Trinajstić information content (AvgIpc) is 3.70. The summed E-state index contributed by atoms with van der Waals surface area (Å²) >= 11 is 6.09. The van der Waals surface area contributed by atoms with Crippen LogP contribution in [0.25, 0.3) is 28.2 Å². The van der Waals surface area contributed by atoms with Crippen molar-refractivity contribution in [3.05, 3.63) is 82.3 Å². The number of alkyl halides is 3. The fourth-order valence-corrected chi connectivity index (χ4v) is 5.27. The molecule has 2 N–H and O–H groups in total. The predicted octanol–water partition coefficient (Wildman–Crippen LogP) is 4.46. The highest BCUT2D eigenvalue weighted by Gasteiger charge is 2.38. The first-order valence-corrected chi connectivity index (χ1v) is 14.5. The van der Waals surface area contributed by atoms with E-state index in [4.69, 9.17) is 21.5 Å². The van der Waals surface area contributed by atoms with Gasteiger partial charge in [0.2, 0.25) is 5.91 Å². The molecule has 4 aromatic heterocycles. The summed E-state index contributed by atoms with van der Waals surface area (Å²) in [6, 6.07) is 7.42. The molecule has 1 aliphatic heterocycles. The molecular weight excluding hydrogens is 664 g/mol. The Morgan fingerprint density at radius 2 is 1.85 bits per heavy atom. The van der Waals surface area contributed by atoms with Crippen molar-refractivity contribution in [2.24, 2.45) is 13.0 Å². The van der Waals surface area contributed by atoms with Crippen molar-refractivity contribution in [1.29, 1.82) is 0 Å². The molecule has 1 aliphatic rings. The van der Waals surface area contributed by atoms with Crippen LogP contribution in [-0.4, -0.2) is 67.7 Å². The average molecular weight is 689 g/mol. The lowest BCUT2D eigenvalue weighted by molar-refractivity contribution is -0.192. The van der Waals surface area contributed by atoms with Gasteiger partial charge in [0, 0.05) is 30.8 Å². The molecule has 6 rings (SSSR count). The molecule has 0 aliphatic carbocycles.